The lowest BCUT2D eigenvalue weighted by molar-refractivity contribution is 0.251. The smallest absolute Gasteiger partial charge is 0.319 e. The normalized spacial score (nSPS) is 11.0. The van der Waals surface area contributed by atoms with Crippen LogP contribution in [0.15, 0.2) is 76.8 Å². The number of nitrogens with zero attached hydrogens (tertiary/aromatic N) is 1. The maximum Gasteiger partial charge on any atom is 0.319 e. The molecule has 2 aromatic carbocycles. The number of urea groups is 1. The van der Waals surface area contributed by atoms with E-state index in [-0.39, 0.29) is 15.5 Å². The molecule has 0 aliphatic heterocycles. The third-order valence-electron chi connectivity index (χ3n) is 4.27. The second-order valence-electron chi connectivity index (χ2n) is 6.64. The van der Waals surface area contributed by atoms with Gasteiger partial charge in [-0.2, -0.15) is 0 Å². The van der Waals surface area contributed by atoms with Crippen LogP contribution in [0.1, 0.15) is 18.9 Å². The Morgan fingerprint density at radius 1 is 1.10 bits per heavy atom. The van der Waals surface area contributed by atoms with Crippen molar-refractivity contribution in [1.82, 2.24) is 10.3 Å². The minimum atomic E-state index is -3.92. The zero-order chi connectivity index (χ0) is 22.3. The van der Waals surface area contributed by atoms with Crippen LogP contribution in [0.2, 0.25) is 0 Å². The molecule has 1 heterocycles. The van der Waals surface area contributed by atoms with Gasteiger partial charge in [0.1, 0.15) is 0 Å². The SMILES string of the molecule is CCCOc1ccc(S(=O)(=O)c2ccc(NC(=O)NCc3cccnc3)cc2)cc1F. The zero-order valence-corrected chi connectivity index (χ0v) is 17.7. The highest BCUT2D eigenvalue weighted by molar-refractivity contribution is 7.91. The van der Waals surface area contributed by atoms with Gasteiger partial charge < -0.3 is 15.4 Å². The van der Waals surface area contributed by atoms with E-state index in [1.807, 2.05) is 13.0 Å². The maximum absolute atomic E-state index is 14.2. The lowest BCUT2D eigenvalue weighted by atomic mass is 10.3. The number of pyridine rings is 1. The molecule has 0 saturated heterocycles. The van der Waals surface area contributed by atoms with Crippen LogP contribution in [0.25, 0.3) is 0 Å². The fraction of sp³-hybridized carbons (Fsp3) is 0.182. The summed E-state index contributed by atoms with van der Waals surface area (Å²) in [5, 5.41) is 5.31. The quantitative estimate of drug-likeness (QED) is 0.545. The molecule has 0 bridgehead atoms. The lowest BCUT2D eigenvalue weighted by Crippen LogP contribution is -2.28. The van der Waals surface area contributed by atoms with Gasteiger partial charge >= 0.3 is 6.03 Å². The third-order valence-corrected chi connectivity index (χ3v) is 6.04. The Kier molecular flexibility index (Phi) is 7.19. The van der Waals surface area contributed by atoms with E-state index in [1.54, 1.807) is 18.5 Å². The monoisotopic (exact) mass is 443 g/mol. The van der Waals surface area contributed by atoms with Crippen molar-refractivity contribution in [3.63, 3.8) is 0 Å². The van der Waals surface area contributed by atoms with Gasteiger partial charge in [-0.15, -0.1) is 0 Å². The highest BCUT2D eigenvalue weighted by Gasteiger charge is 2.20. The van der Waals surface area contributed by atoms with Gasteiger partial charge in [0.25, 0.3) is 0 Å². The minimum absolute atomic E-state index is 0.0117. The number of anilines is 1. The van der Waals surface area contributed by atoms with Crippen molar-refractivity contribution in [3.05, 3.63) is 78.4 Å². The molecule has 2 amide bonds. The Morgan fingerprint density at radius 3 is 2.48 bits per heavy atom. The molecule has 3 aromatic rings. The molecule has 2 N–H and O–H groups in total. The number of sulfone groups is 1. The van der Waals surface area contributed by atoms with E-state index in [2.05, 4.69) is 15.6 Å². The molecule has 0 spiro atoms. The Labute approximate surface area is 180 Å². The molecule has 0 saturated carbocycles. The van der Waals surface area contributed by atoms with Crippen LogP contribution >= 0.6 is 0 Å². The molecule has 0 atom stereocenters. The van der Waals surface area contributed by atoms with E-state index in [0.717, 1.165) is 11.6 Å². The number of rotatable bonds is 8. The van der Waals surface area contributed by atoms with Gasteiger partial charge in [-0.05, 0) is 60.5 Å². The van der Waals surface area contributed by atoms with Crippen molar-refractivity contribution < 1.29 is 22.3 Å². The van der Waals surface area contributed by atoms with E-state index in [1.165, 1.54) is 36.4 Å². The fourth-order valence-electron chi connectivity index (χ4n) is 2.69. The molecular weight excluding hydrogens is 421 g/mol. The molecule has 7 nitrogen and oxygen atoms in total. The van der Waals surface area contributed by atoms with Gasteiger partial charge in [-0.3, -0.25) is 4.98 Å². The van der Waals surface area contributed by atoms with E-state index >= 15 is 0 Å². The molecule has 3 rings (SSSR count). The molecule has 9 heteroatoms. The van der Waals surface area contributed by atoms with Crippen molar-refractivity contribution >= 4 is 21.6 Å². The molecule has 0 unspecified atom stereocenters. The molecule has 162 valence electrons. The largest absolute Gasteiger partial charge is 0.491 e. The van der Waals surface area contributed by atoms with E-state index in [9.17, 15) is 17.6 Å². The number of benzene rings is 2. The summed E-state index contributed by atoms with van der Waals surface area (Å²) in [4.78, 5) is 15.8. The first-order valence-electron chi connectivity index (χ1n) is 9.61. The summed E-state index contributed by atoms with van der Waals surface area (Å²) in [5.74, 6) is -0.726. The molecule has 1 aromatic heterocycles. The summed E-state index contributed by atoms with van der Waals surface area (Å²) >= 11 is 0. The van der Waals surface area contributed by atoms with Crippen LogP contribution in [-0.2, 0) is 16.4 Å². The summed E-state index contributed by atoms with van der Waals surface area (Å²) < 4.78 is 45.0. The number of carbonyl (C=O) groups excluding carboxylic acids is 1. The predicted octanol–water partition coefficient (Wildman–Crippen LogP) is 4.16. The number of carbonyl (C=O) groups is 1. The minimum Gasteiger partial charge on any atom is -0.491 e. The number of halogens is 1. The number of aromatic nitrogens is 1. The number of ether oxygens (including phenoxy) is 1. The Morgan fingerprint density at radius 2 is 1.84 bits per heavy atom. The highest BCUT2D eigenvalue weighted by atomic mass is 32.2. The number of amides is 2. The summed E-state index contributed by atoms with van der Waals surface area (Å²) in [7, 11) is -3.92. The van der Waals surface area contributed by atoms with Gasteiger partial charge in [0.05, 0.1) is 16.4 Å². The van der Waals surface area contributed by atoms with Crippen molar-refractivity contribution in [3.8, 4) is 5.75 Å². The Balaban J connectivity index is 1.65. The average molecular weight is 444 g/mol. The van der Waals surface area contributed by atoms with Gasteiger partial charge in [0.15, 0.2) is 11.6 Å². The number of nitrogens with one attached hydrogen (secondary N) is 2. The average Bonchev–Trinajstić information content (AvgIpc) is 2.78. The van der Waals surface area contributed by atoms with Gasteiger partial charge in [-0.1, -0.05) is 13.0 Å². The van der Waals surface area contributed by atoms with Gasteiger partial charge in [0.2, 0.25) is 9.84 Å². The summed E-state index contributed by atoms with van der Waals surface area (Å²) in [6.07, 6.45) is 3.99. The van der Waals surface area contributed by atoms with E-state index < -0.39 is 21.7 Å². The van der Waals surface area contributed by atoms with Crippen molar-refractivity contribution in [1.29, 1.82) is 0 Å². The van der Waals surface area contributed by atoms with Crippen LogP contribution in [0, 0.1) is 5.82 Å². The lowest BCUT2D eigenvalue weighted by Gasteiger charge is -2.10. The van der Waals surface area contributed by atoms with Crippen LogP contribution in [0.5, 0.6) is 5.75 Å². The number of hydrogen-bond donors (Lipinski definition) is 2. The summed E-state index contributed by atoms with van der Waals surface area (Å²) in [6.45, 7) is 2.53. The zero-order valence-electron chi connectivity index (χ0n) is 16.8. The highest BCUT2D eigenvalue weighted by Crippen LogP contribution is 2.26. The van der Waals surface area contributed by atoms with E-state index in [4.69, 9.17) is 4.74 Å². The molecule has 0 aliphatic carbocycles. The molecule has 0 radical (unpaired) electrons. The van der Waals surface area contributed by atoms with Crippen LogP contribution < -0.4 is 15.4 Å². The van der Waals surface area contributed by atoms with E-state index in [0.29, 0.717) is 25.3 Å². The second-order valence-corrected chi connectivity index (χ2v) is 8.59. The summed E-state index contributed by atoms with van der Waals surface area (Å²) in [6, 6.07) is 12.3. The first-order chi connectivity index (χ1) is 14.9. The van der Waals surface area contributed by atoms with Crippen molar-refractivity contribution in [2.75, 3.05) is 11.9 Å². The standard InChI is InChI=1S/C22H22FN3O4S/c1-2-12-30-21-10-9-19(13-20(21)23)31(28,29)18-7-5-17(6-8-18)26-22(27)25-15-16-4-3-11-24-14-16/h3-11,13-14H,2,12,15H2,1H3,(H2,25,26,27). The van der Waals surface area contributed by atoms with Crippen LogP contribution in [0.3, 0.4) is 0 Å². The fourth-order valence-corrected chi connectivity index (χ4v) is 3.96. The topological polar surface area (TPSA) is 97.4 Å². The first kappa shape index (κ1) is 22.2. The van der Waals surface area contributed by atoms with Crippen LogP contribution in [-0.4, -0.2) is 26.0 Å². The first-order valence-corrected chi connectivity index (χ1v) is 11.1. The summed E-state index contributed by atoms with van der Waals surface area (Å²) in [5.41, 5.74) is 1.26. The molecule has 0 aliphatic rings. The molecule has 0 fully saturated rings. The van der Waals surface area contributed by atoms with Gasteiger partial charge in [-0.25, -0.2) is 17.6 Å². The van der Waals surface area contributed by atoms with Crippen molar-refractivity contribution in [2.24, 2.45) is 0 Å². The predicted molar refractivity (Wildman–Crippen MR) is 114 cm³/mol. The second kappa shape index (κ2) is 10.0. The third kappa shape index (κ3) is 5.79. The van der Waals surface area contributed by atoms with Crippen molar-refractivity contribution in [2.45, 2.75) is 29.7 Å². The number of hydrogen-bond acceptors (Lipinski definition) is 5. The Bertz CT molecular complexity index is 1140. The Hall–Kier alpha value is -3.46. The maximum atomic E-state index is 14.2. The molecular formula is C22H22FN3O4S. The van der Waals surface area contributed by atoms with Crippen LogP contribution in [0.4, 0.5) is 14.9 Å². The molecule has 31 heavy (non-hydrogen) atoms. The van der Waals surface area contributed by atoms with Gasteiger partial charge in [0, 0.05) is 24.6 Å².